The number of nitrogens with one attached hydrogen (secondary N) is 1. The van der Waals surface area contributed by atoms with Gasteiger partial charge in [0.05, 0.1) is 11.6 Å². The van der Waals surface area contributed by atoms with Gasteiger partial charge in [-0.2, -0.15) is 11.3 Å². The molecule has 0 saturated heterocycles. The van der Waals surface area contributed by atoms with Crippen molar-refractivity contribution in [3.05, 3.63) is 52.6 Å². The molecule has 3 rings (SSSR count). The number of rotatable bonds is 3. The molecule has 0 saturated carbocycles. The molecular formula is C13H12N4OS. The summed E-state index contributed by atoms with van der Waals surface area (Å²) in [6.45, 7) is 1.90. The van der Waals surface area contributed by atoms with Crippen molar-refractivity contribution in [2.45, 2.75) is 13.0 Å². The number of amides is 1. The van der Waals surface area contributed by atoms with Crippen molar-refractivity contribution in [2.75, 3.05) is 0 Å². The number of carbonyl (C=O) groups is 1. The van der Waals surface area contributed by atoms with E-state index in [4.69, 9.17) is 0 Å². The first-order valence-corrected chi connectivity index (χ1v) is 6.83. The van der Waals surface area contributed by atoms with Gasteiger partial charge in [-0.3, -0.25) is 9.20 Å². The van der Waals surface area contributed by atoms with Crippen LogP contribution in [-0.2, 0) is 0 Å². The van der Waals surface area contributed by atoms with E-state index in [1.165, 1.54) is 11.3 Å². The largest absolute Gasteiger partial charge is 0.342 e. The minimum Gasteiger partial charge on any atom is -0.342 e. The predicted molar refractivity (Wildman–Crippen MR) is 73.2 cm³/mol. The Morgan fingerprint density at radius 1 is 1.37 bits per heavy atom. The summed E-state index contributed by atoms with van der Waals surface area (Å²) >= 11 is 1.50. The molecule has 0 spiro atoms. The van der Waals surface area contributed by atoms with Gasteiger partial charge >= 0.3 is 0 Å². The van der Waals surface area contributed by atoms with Crippen molar-refractivity contribution in [3.63, 3.8) is 0 Å². The van der Waals surface area contributed by atoms with Crippen LogP contribution >= 0.6 is 11.3 Å². The normalized spacial score (nSPS) is 12.5. The van der Waals surface area contributed by atoms with Crippen LogP contribution in [0, 0.1) is 0 Å². The number of fused-ring (bicyclic) bond motifs is 1. The molecule has 0 aliphatic carbocycles. The van der Waals surface area contributed by atoms with Crippen LogP contribution in [0.3, 0.4) is 0 Å². The van der Waals surface area contributed by atoms with Crippen LogP contribution in [0.2, 0.25) is 0 Å². The van der Waals surface area contributed by atoms with Gasteiger partial charge in [0.15, 0.2) is 11.5 Å². The van der Waals surface area contributed by atoms with E-state index in [-0.39, 0.29) is 11.9 Å². The molecule has 0 radical (unpaired) electrons. The third-order valence-corrected chi connectivity index (χ3v) is 3.54. The molecule has 3 heterocycles. The van der Waals surface area contributed by atoms with Gasteiger partial charge in [0.2, 0.25) is 0 Å². The average molecular weight is 272 g/mol. The molecule has 19 heavy (non-hydrogen) atoms. The number of aromatic nitrogens is 3. The quantitative estimate of drug-likeness (QED) is 0.795. The van der Waals surface area contributed by atoms with E-state index in [2.05, 4.69) is 15.5 Å². The van der Waals surface area contributed by atoms with E-state index in [0.29, 0.717) is 5.56 Å². The monoisotopic (exact) mass is 272 g/mol. The smallest absolute Gasteiger partial charge is 0.252 e. The number of hydrogen-bond donors (Lipinski definition) is 1. The highest BCUT2D eigenvalue weighted by molar-refractivity contribution is 7.08. The molecule has 0 bridgehead atoms. The maximum atomic E-state index is 12.0. The van der Waals surface area contributed by atoms with E-state index in [0.717, 1.165) is 11.5 Å². The Kier molecular flexibility index (Phi) is 3.00. The van der Waals surface area contributed by atoms with Crippen molar-refractivity contribution in [2.24, 2.45) is 0 Å². The van der Waals surface area contributed by atoms with Crippen molar-refractivity contribution in [1.29, 1.82) is 0 Å². The Morgan fingerprint density at radius 2 is 2.26 bits per heavy atom. The van der Waals surface area contributed by atoms with Crippen LogP contribution in [0.1, 0.15) is 29.1 Å². The van der Waals surface area contributed by atoms with Gasteiger partial charge in [0.1, 0.15) is 0 Å². The lowest BCUT2D eigenvalue weighted by molar-refractivity contribution is 0.0938. The van der Waals surface area contributed by atoms with Gasteiger partial charge in [-0.25, -0.2) is 0 Å². The summed E-state index contributed by atoms with van der Waals surface area (Å²) in [5.74, 6) is 0.626. The molecule has 0 aromatic carbocycles. The Labute approximate surface area is 113 Å². The number of hydrogen-bond acceptors (Lipinski definition) is 4. The summed E-state index contributed by atoms with van der Waals surface area (Å²) in [5.41, 5.74) is 1.44. The lowest BCUT2D eigenvalue weighted by Gasteiger charge is -2.11. The molecule has 1 N–H and O–H groups in total. The van der Waals surface area contributed by atoms with E-state index in [1.54, 1.807) is 6.07 Å². The fourth-order valence-corrected chi connectivity index (χ4v) is 2.53. The number of pyridine rings is 1. The summed E-state index contributed by atoms with van der Waals surface area (Å²) in [4.78, 5) is 12.0. The first kappa shape index (κ1) is 11.9. The van der Waals surface area contributed by atoms with Gasteiger partial charge in [-0.05, 0) is 30.5 Å². The summed E-state index contributed by atoms with van der Waals surface area (Å²) in [5, 5.41) is 14.8. The van der Waals surface area contributed by atoms with Crippen LogP contribution in [-0.4, -0.2) is 20.5 Å². The molecule has 1 atom stereocenters. The Hall–Kier alpha value is -2.21. The molecule has 0 aliphatic heterocycles. The highest BCUT2D eigenvalue weighted by Crippen LogP contribution is 2.13. The van der Waals surface area contributed by atoms with Crippen LogP contribution < -0.4 is 5.32 Å². The zero-order valence-electron chi connectivity index (χ0n) is 10.3. The molecule has 1 amide bonds. The Morgan fingerprint density at radius 3 is 3.05 bits per heavy atom. The summed E-state index contributed by atoms with van der Waals surface area (Å²) in [6.07, 6.45) is 1.89. The van der Waals surface area contributed by atoms with Crippen molar-refractivity contribution in [1.82, 2.24) is 19.9 Å². The Balaban J connectivity index is 1.84. The maximum absolute atomic E-state index is 12.0. The lowest BCUT2D eigenvalue weighted by Crippen LogP contribution is -2.27. The maximum Gasteiger partial charge on any atom is 0.252 e. The van der Waals surface area contributed by atoms with Crippen LogP contribution in [0.5, 0.6) is 0 Å². The minimum absolute atomic E-state index is 0.0959. The highest BCUT2D eigenvalue weighted by atomic mass is 32.1. The molecule has 3 aromatic heterocycles. The predicted octanol–water partition coefficient (Wildman–Crippen LogP) is 2.28. The van der Waals surface area contributed by atoms with Crippen LogP contribution in [0.15, 0.2) is 41.2 Å². The van der Waals surface area contributed by atoms with E-state index < -0.39 is 0 Å². The zero-order valence-corrected chi connectivity index (χ0v) is 11.1. The molecule has 6 heteroatoms. The first-order valence-electron chi connectivity index (χ1n) is 5.88. The SMILES string of the molecule is C[C@H](NC(=O)c1ccsc1)c1nnc2ccccn12. The first-order chi connectivity index (χ1) is 9.25. The van der Waals surface area contributed by atoms with E-state index in [1.807, 2.05) is 46.5 Å². The fourth-order valence-electron chi connectivity index (χ4n) is 1.89. The van der Waals surface area contributed by atoms with Crippen molar-refractivity contribution >= 4 is 22.9 Å². The third-order valence-electron chi connectivity index (χ3n) is 2.86. The molecule has 0 fully saturated rings. The van der Waals surface area contributed by atoms with Crippen molar-refractivity contribution < 1.29 is 4.79 Å². The van der Waals surface area contributed by atoms with Crippen LogP contribution in [0.4, 0.5) is 0 Å². The molecule has 0 aliphatic rings. The third kappa shape index (κ3) is 2.22. The minimum atomic E-state index is -0.204. The number of carbonyl (C=O) groups excluding carboxylic acids is 1. The standard InChI is InChI=1S/C13H12N4OS/c1-9(14-13(18)10-5-7-19-8-10)12-16-15-11-4-2-3-6-17(11)12/h2-9H,1H3,(H,14,18)/t9-/m0/s1. The van der Waals surface area contributed by atoms with Gasteiger partial charge in [-0.15, -0.1) is 10.2 Å². The fraction of sp³-hybridized carbons (Fsp3) is 0.154. The number of thiophene rings is 1. The molecule has 3 aromatic rings. The molecule has 0 unspecified atom stereocenters. The molecular weight excluding hydrogens is 260 g/mol. The highest BCUT2D eigenvalue weighted by Gasteiger charge is 2.16. The summed E-state index contributed by atoms with van der Waals surface area (Å²) in [7, 11) is 0. The second-order valence-electron chi connectivity index (χ2n) is 4.19. The summed E-state index contributed by atoms with van der Waals surface area (Å²) in [6, 6.07) is 7.29. The molecule has 96 valence electrons. The lowest BCUT2D eigenvalue weighted by atomic mass is 10.2. The van der Waals surface area contributed by atoms with Crippen LogP contribution in [0.25, 0.3) is 5.65 Å². The average Bonchev–Trinajstić information content (AvgIpc) is 3.08. The zero-order chi connectivity index (χ0) is 13.2. The van der Waals surface area contributed by atoms with Gasteiger partial charge in [-0.1, -0.05) is 6.07 Å². The van der Waals surface area contributed by atoms with Crippen molar-refractivity contribution in [3.8, 4) is 0 Å². The Bertz CT molecular complexity index is 704. The number of nitrogens with zero attached hydrogens (tertiary/aromatic N) is 3. The summed E-state index contributed by atoms with van der Waals surface area (Å²) < 4.78 is 1.87. The second kappa shape index (κ2) is 4.81. The topological polar surface area (TPSA) is 59.3 Å². The van der Waals surface area contributed by atoms with Gasteiger partial charge in [0, 0.05) is 11.6 Å². The van der Waals surface area contributed by atoms with E-state index in [9.17, 15) is 4.79 Å². The van der Waals surface area contributed by atoms with Gasteiger partial charge < -0.3 is 5.32 Å². The van der Waals surface area contributed by atoms with Gasteiger partial charge in [0.25, 0.3) is 5.91 Å². The second-order valence-corrected chi connectivity index (χ2v) is 4.97. The molecule has 5 nitrogen and oxygen atoms in total. The van der Waals surface area contributed by atoms with E-state index >= 15 is 0 Å².